The van der Waals surface area contributed by atoms with Crippen molar-refractivity contribution < 1.29 is 4.74 Å². The highest BCUT2D eigenvalue weighted by atomic mass is 31.0. The molecule has 0 radical (unpaired) electrons. The highest BCUT2D eigenvalue weighted by Gasteiger charge is 2.32. The Morgan fingerprint density at radius 3 is 3.10 bits per heavy atom. The molecule has 0 amide bonds. The van der Waals surface area contributed by atoms with Crippen LogP contribution in [0.3, 0.4) is 0 Å². The standard InChI is InChI=1S/C8H13OP/c10-7-3-1-2-6-4-5-9-8(6)7/h6,8,10H,1-5H2. The van der Waals surface area contributed by atoms with Gasteiger partial charge in [-0.15, -0.1) is 8.86 Å². The predicted molar refractivity (Wildman–Crippen MR) is 45.0 cm³/mol. The SMILES string of the molecule is P=C1CCCC2CCOC12. The molecule has 1 saturated heterocycles. The molecule has 56 valence electrons. The molecular weight excluding hydrogens is 143 g/mol. The average Bonchev–Trinajstić information content (AvgIpc) is 2.36. The number of rotatable bonds is 0. The summed E-state index contributed by atoms with van der Waals surface area (Å²) in [6.07, 6.45) is 5.68. The third-order valence-electron chi connectivity index (χ3n) is 2.58. The summed E-state index contributed by atoms with van der Waals surface area (Å²) in [6.45, 7) is 0.976. The van der Waals surface area contributed by atoms with Crippen molar-refractivity contribution in [3.05, 3.63) is 0 Å². The molecule has 1 aliphatic heterocycles. The largest absolute Gasteiger partial charge is 0.373 e. The Morgan fingerprint density at radius 2 is 2.30 bits per heavy atom. The van der Waals surface area contributed by atoms with Gasteiger partial charge in [0.05, 0.1) is 6.10 Å². The first-order valence-electron chi connectivity index (χ1n) is 4.07. The molecule has 2 heteroatoms. The summed E-state index contributed by atoms with van der Waals surface area (Å²) in [7, 11) is 3.64. The minimum Gasteiger partial charge on any atom is -0.373 e. The maximum absolute atomic E-state index is 5.58. The second-order valence-corrected chi connectivity index (χ2v) is 3.90. The third kappa shape index (κ3) is 1.02. The highest BCUT2D eigenvalue weighted by Crippen LogP contribution is 2.32. The molecule has 1 nitrogen and oxygen atoms in total. The van der Waals surface area contributed by atoms with Crippen LogP contribution >= 0.6 is 8.86 Å². The fourth-order valence-corrected chi connectivity index (χ4v) is 2.51. The molecule has 10 heavy (non-hydrogen) atoms. The fourth-order valence-electron chi connectivity index (χ4n) is 2.01. The molecule has 1 heterocycles. The van der Waals surface area contributed by atoms with Gasteiger partial charge in [-0.2, -0.15) is 0 Å². The minimum atomic E-state index is 0.463. The first-order valence-corrected chi connectivity index (χ1v) is 4.57. The zero-order valence-electron chi connectivity index (χ0n) is 6.10. The van der Waals surface area contributed by atoms with Gasteiger partial charge < -0.3 is 4.74 Å². The van der Waals surface area contributed by atoms with Crippen molar-refractivity contribution in [3.63, 3.8) is 0 Å². The smallest absolute Gasteiger partial charge is 0.0853 e. The van der Waals surface area contributed by atoms with E-state index >= 15 is 0 Å². The Labute approximate surface area is 64.0 Å². The van der Waals surface area contributed by atoms with Gasteiger partial charge in [-0.1, -0.05) is 0 Å². The van der Waals surface area contributed by atoms with Gasteiger partial charge in [0.1, 0.15) is 0 Å². The van der Waals surface area contributed by atoms with Crippen molar-refractivity contribution in [3.8, 4) is 0 Å². The summed E-state index contributed by atoms with van der Waals surface area (Å²) in [5.74, 6) is 0.834. The fraction of sp³-hybridized carbons (Fsp3) is 0.875. The minimum absolute atomic E-state index is 0.463. The third-order valence-corrected chi connectivity index (χ3v) is 3.11. The van der Waals surface area contributed by atoms with Crippen LogP contribution in [-0.4, -0.2) is 18.0 Å². The van der Waals surface area contributed by atoms with Crippen molar-refractivity contribution in [2.45, 2.75) is 31.8 Å². The Bertz CT molecular complexity index is 155. The molecule has 2 rings (SSSR count). The molecule has 0 bridgehead atoms. The van der Waals surface area contributed by atoms with Crippen LogP contribution in [-0.2, 0) is 4.74 Å². The maximum Gasteiger partial charge on any atom is 0.0853 e. The monoisotopic (exact) mass is 156 g/mol. The van der Waals surface area contributed by atoms with Crippen LogP contribution in [0.5, 0.6) is 0 Å². The molecule has 0 aromatic carbocycles. The second-order valence-electron chi connectivity index (χ2n) is 3.26. The van der Waals surface area contributed by atoms with E-state index in [1.165, 1.54) is 31.0 Å². The van der Waals surface area contributed by atoms with E-state index in [1.54, 1.807) is 0 Å². The van der Waals surface area contributed by atoms with E-state index in [4.69, 9.17) is 4.74 Å². The lowest BCUT2D eigenvalue weighted by Gasteiger charge is -2.25. The van der Waals surface area contributed by atoms with Crippen LogP contribution in [0.15, 0.2) is 0 Å². The van der Waals surface area contributed by atoms with Crippen LogP contribution < -0.4 is 0 Å². The topological polar surface area (TPSA) is 9.23 Å². The molecular formula is C8H13OP. The lowest BCUT2D eigenvalue weighted by atomic mass is 9.86. The molecule has 0 N–H and O–H groups in total. The van der Waals surface area contributed by atoms with Crippen LogP contribution in [0.2, 0.25) is 0 Å². The van der Waals surface area contributed by atoms with E-state index in [0.29, 0.717) is 6.10 Å². The second kappa shape index (κ2) is 2.64. The number of hydrogen-bond donors (Lipinski definition) is 0. The zero-order valence-corrected chi connectivity index (χ0v) is 7.10. The van der Waals surface area contributed by atoms with E-state index in [1.807, 2.05) is 0 Å². The molecule has 0 aromatic rings. The van der Waals surface area contributed by atoms with E-state index in [0.717, 1.165) is 12.5 Å². The Hall–Kier alpha value is 0.130. The molecule has 1 aliphatic carbocycles. The molecule has 1 saturated carbocycles. The Balaban J connectivity index is 2.10. The van der Waals surface area contributed by atoms with Gasteiger partial charge in [0.25, 0.3) is 0 Å². The quantitative estimate of drug-likeness (QED) is 0.486. The summed E-state index contributed by atoms with van der Waals surface area (Å²) < 4.78 is 5.58. The van der Waals surface area contributed by atoms with Gasteiger partial charge in [-0.05, 0) is 36.9 Å². The molecule has 2 atom stereocenters. The first-order chi connectivity index (χ1) is 4.88. The molecule has 0 aromatic heterocycles. The average molecular weight is 156 g/mol. The number of ether oxygens (including phenoxy) is 1. The lowest BCUT2D eigenvalue weighted by Crippen LogP contribution is -2.28. The van der Waals surface area contributed by atoms with E-state index < -0.39 is 0 Å². The van der Waals surface area contributed by atoms with Gasteiger partial charge in [0.15, 0.2) is 0 Å². The number of hydrogen-bond acceptors (Lipinski definition) is 1. The predicted octanol–water partition coefficient (Wildman–Crippen LogP) is 1.89. The van der Waals surface area contributed by atoms with Crippen LogP contribution in [0, 0.1) is 5.92 Å². The number of fused-ring (bicyclic) bond motifs is 1. The van der Waals surface area contributed by atoms with Gasteiger partial charge >= 0.3 is 0 Å². The van der Waals surface area contributed by atoms with Crippen molar-refractivity contribution in [1.82, 2.24) is 0 Å². The van der Waals surface area contributed by atoms with Gasteiger partial charge in [0.2, 0.25) is 0 Å². The van der Waals surface area contributed by atoms with Gasteiger partial charge in [-0.25, -0.2) is 0 Å². The summed E-state index contributed by atoms with van der Waals surface area (Å²) >= 11 is 0. The van der Waals surface area contributed by atoms with E-state index in [-0.39, 0.29) is 0 Å². The summed E-state index contributed by atoms with van der Waals surface area (Å²) in [6, 6.07) is 0. The van der Waals surface area contributed by atoms with Crippen molar-refractivity contribution in [1.29, 1.82) is 0 Å². The van der Waals surface area contributed by atoms with Crippen LogP contribution in [0.25, 0.3) is 0 Å². The van der Waals surface area contributed by atoms with Crippen LogP contribution in [0.1, 0.15) is 25.7 Å². The zero-order chi connectivity index (χ0) is 6.97. The van der Waals surface area contributed by atoms with Crippen LogP contribution in [0.4, 0.5) is 0 Å². The maximum atomic E-state index is 5.58. The van der Waals surface area contributed by atoms with Crippen molar-refractivity contribution >= 4 is 14.2 Å². The first kappa shape index (κ1) is 6.82. The van der Waals surface area contributed by atoms with E-state index in [9.17, 15) is 0 Å². The molecule has 2 aliphatic rings. The summed E-state index contributed by atoms with van der Waals surface area (Å²) in [5.41, 5.74) is 0. The molecule has 2 unspecified atom stereocenters. The highest BCUT2D eigenvalue weighted by molar-refractivity contribution is 7.21. The summed E-state index contributed by atoms with van der Waals surface area (Å²) in [4.78, 5) is 0. The van der Waals surface area contributed by atoms with E-state index in [2.05, 4.69) is 8.86 Å². The van der Waals surface area contributed by atoms with Gasteiger partial charge in [-0.3, -0.25) is 0 Å². The molecule has 0 spiro atoms. The van der Waals surface area contributed by atoms with Crippen molar-refractivity contribution in [2.75, 3.05) is 6.61 Å². The lowest BCUT2D eigenvalue weighted by molar-refractivity contribution is 0.134. The normalized spacial score (nSPS) is 39.8. The Kier molecular flexibility index (Phi) is 1.80. The van der Waals surface area contributed by atoms with Crippen molar-refractivity contribution in [2.24, 2.45) is 5.92 Å². The Morgan fingerprint density at radius 1 is 1.40 bits per heavy atom. The molecule has 2 fully saturated rings. The van der Waals surface area contributed by atoms with Gasteiger partial charge in [0, 0.05) is 6.61 Å². The summed E-state index contributed by atoms with van der Waals surface area (Å²) in [5, 5.41) is 1.40.